The summed E-state index contributed by atoms with van der Waals surface area (Å²) in [5.74, 6) is 0. The van der Waals surface area contributed by atoms with Gasteiger partial charge in [-0.25, -0.2) is 0 Å². The number of benzene rings is 1. The maximum atomic E-state index is 4.14. The lowest BCUT2D eigenvalue weighted by Crippen LogP contribution is -1.92. The first-order valence-corrected chi connectivity index (χ1v) is 4.79. The zero-order valence-corrected chi connectivity index (χ0v) is 8.27. The number of aromatic nitrogens is 1. The molecule has 2 rings (SSSR count). The predicted octanol–water partition coefficient (Wildman–Crippen LogP) is 2.98. The SMILES string of the molecule is Cc1ccncc1Cc1ccccc1. The van der Waals surface area contributed by atoms with E-state index in [9.17, 15) is 0 Å². The fourth-order valence-corrected chi connectivity index (χ4v) is 1.50. The van der Waals surface area contributed by atoms with E-state index in [1.807, 2.05) is 18.5 Å². The molecule has 0 saturated carbocycles. The predicted molar refractivity (Wildman–Crippen MR) is 58.2 cm³/mol. The number of hydrogen-bond donors (Lipinski definition) is 0. The van der Waals surface area contributed by atoms with Crippen molar-refractivity contribution in [2.24, 2.45) is 0 Å². The van der Waals surface area contributed by atoms with Crippen LogP contribution < -0.4 is 0 Å². The van der Waals surface area contributed by atoms with Crippen molar-refractivity contribution in [1.29, 1.82) is 0 Å². The van der Waals surface area contributed by atoms with Gasteiger partial charge in [-0.2, -0.15) is 0 Å². The van der Waals surface area contributed by atoms with Crippen molar-refractivity contribution >= 4 is 0 Å². The van der Waals surface area contributed by atoms with E-state index < -0.39 is 0 Å². The van der Waals surface area contributed by atoms with Gasteiger partial charge in [0.15, 0.2) is 0 Å². The normalized spacial score (nSPS) is 10.1. The molecule has 1 heterocycles. The lowest BCUT2D eigenvalue weighted by Gasteiger charge is -2.04. The molecular weight excluding hydrogens is 170 g/mol. The first-order valence-electron chi connectivity index (χ1n) is 4.79. The van der Waals surface area contributed by atoms with Crippen LogP contribution in [0.5, 0.6) is 0 Å². The molecule has 0 aliphatic heterocycles. The fourth-order valence-electron chi connectivity index (χ4n) is 1.50. The molecule has 14 heavy (non-hydrogen) atoms. The molecule has 2 aromatic rings. The van der Waals surface area contributed by atoms with Gasteiger partial charge in [-0.15, -0.1) is 0 Å². The number of pyridine rings is 1. The van der Waals surface area contributed by atoms with Crippen molar-refractivity contribution in [2.75, 3.05) is 0 Å². The van der Waals surface area contributed by atoms with Crippen LogP contribution >= 0.6 is 0 Å². The number of hydrogen-bond acceptors (Lipinski definition) is 1. The standard InChI is InChI=1S/C13H13N/c1-11-7-8-14-10-13(11)9-12-5-3-2-4-6-12/h2-8,10H,9H2,1H3. The van der Waals surface area contributed by atoms with Crippen LogP contribution in [0.1, 0.15) is 16.7 Å². The molecule has 0 N–H and O–H groups in total. The summed E-state index contributed by atoms with van der Waals surface area (Å²) in [6.07, 6.45) is 4.76. The van der Waals surface area contributed by atoms with Gasteiger partial charge < -0.3 is 0 Å². The topological polar surface area (TPSA) is 12.9 Å². The summed E-state index contributed by atoms with van der Waals surface area (Å²) in [5.41, 5.74) is 3.95. The summed E-state index contributed by atoms with van der Waals surface area (Å²) >= 11 is 0. The van der Waals surface area contributed by atoms with E-state index in [4.69, 9.17) is 0 Å². The smallest absolute Gasteiger partial charge is 0.0305 e. The first-order chi connectivity index (χ1) is 6.86. The van der Waals surface area contributed by atoms with Crippen LogP contribution in [-0.2, 0) is 6.42 Å². The van der Waals surface area contributed by atoms with Crippen LogP contribution in [0.2, 0.25) is 0 Å². The molecule has 0 bridgehead atoms. The van der Waals surface area contributed by atoms with Crippen LogP contribution in [0.15, 0.2) is 48.8 Å². The van der Waals surface area contributed by atoms with E-state index in [0.29, 0.717) is 0 Å². The quantitative estimate of drug-likeness (QED) is 0.697. The van der Waals surface area contributed by atoms with Gasteiger partial charge in [0.1, 0.15) is 0 Å². The third kappa shape index (κ3) is 1.99. The fraction of sp³-hybridized carbons (Fsp3) is 0.154. The van der Waals surface area contributed by atoms with E-state index in [2.05, 4.69) is 42.2 Å². The van der Waals surface area contributed by atoms with Crippen LogP contribution in [0.25, 0.3) is 0 Å². The third-order valence-electron chi connectivity index (χ3n) is 2.38. The maximum absolute atomic E-state index is 4.14. The minimum atomic E-state index is 0.973. The Kier molecular flexibility index (Phi) is 2.59. The Morgan fingerprint density at radius 3 is 2.57 bits per heavy atom. The van der Waals surface area contributed by atoms with Crippen LogP contribution in [-0.4, -0.2) is 4.98 Å². The molecule has 0 amide bonds. The Bertz CT molecular complexity index is 407. The molecule has 1 heteroatoms. The molecule has 1 nitrogen and oxygen atoms in total. The molecule has 0 atom stereocenters. The summed E-state index contributed by atoms with van der Waals surface area (Å²) in [6.45, 7) is 2.12. The molecule has 0 saturated heterocycles. The average molecular weight is 183 g/mol. The van der Waals surface area contributed by atoms with E-state index in [-0.39, 0.29) is 0 Å². The second-order valence-corrected chi connectivity index (χ2v) is 3.46. The zero-order chi connectivity index (χ0) is 9.80. The van der Waals surface area contributed by atoms with E-state index >= 15 is 0 Å². The highest BCUT2D eigenvalue weighted by molar-refractivity contribution is 5.29. The van der Waals surface area contributed by atoms with E-state index in [0.717, 1.165) is 6.42 Å². The van der Waals surface area contributed by atoms with Crippen molar-refractivity contribution in [3.63, 3.8) is 0 Å². The lowest BCUT2D eigenvalue weighted by molar-refractivity contribution is 1.11. The van der Waals surface area contributed by atoms with Crippen molar-refractivity contribution in [3.8, 4) is 0 Å². The Balaban J connectivity index is 2.24. The van der Waals surface area contributed by atoms with Crippen molar-refractivity contribution in [3.05, 3.63) is 65.5 Å². The molecular formula is C13H13N. The van der Waals surface area contributed by atoms with Gasteiger partial charge in [0.25, 0.3) is 0 Å². The highest BCUT2D eigenvalue weighted by Crippen LogP contribution is 2.11. The minimum Gasteiger partial charge on any atom is -0.264 e. The number of nitrogens with zero attached hydrogens (tertiary/aromatic N) is 1. The van der Waals surface area contributed by atoms with Gasteiger partial charge in [0.2, 0.25) is 0 Å². The second-order valence-electron chi connectivity index (χ2n) is 3.46. The minimum absolute atomic E-state index is 0.973. The Labute approximate surface area is 84.4 Å². The summed E-state index contributed by atoms with van der Waals surface area (Å²) in [5, 5.41) is 0. The van der Waals surface area contributed by atoms with Crippen molar-refractivity contribution in [1.82, 2.24) is 4.98 Å². The lowest BCUT2D eigenvalue weighted by atomic mass is 10.0. The number of rotatable bonds is 2. The van der Waals surface area contributed by atoms with E-state index in [1.165, 1.54) is 16.7 Å². The molecule has 0 aliphatic rings. The van der Waals surface area contributed by atoms with E-state index in [1.54, 1.807) is 0 Å². The van der Waals surface area contributed by atoms with Gasteiger partial charge in [-0.1, -0.05) is 30.3 Å². The molecule has 0 unspecified atom stereocenters. The van der Waals surface area contributed by atoms with Crippen LogP contribution in [0.4, 0.5) is 0 Å². The number of aryl methyl sites for hydroxylation is 1. The highest BCUT2D eigenvalue weighted by Gasteiger charge is 1.98. The van der Waals surface area contributed by atoms with Crippen LogP contribution in [0, 0.1) is 6.92 Å². The summed E-state index contributed by atoms with van der Waals surface area (Å²) in [7, 11) is 0. The van der Waals surface area contributed by atoms with Gasteiger partial charge in [-0.05, 0) is 36.1 Å². The Hall–Kier alpha value is -1.63. The first kappa shape index (κ1) is 8.95. The average Bonchev–Trinajstić information content (AvgIpc) is 2.23. The molecule has 0 fully saturated rings. The third-order valence-corrected chi connectivity index (χ3v) is 2.38. The van der Waals surface area contributed by atoms with Crippen molar-refractivity contribution < 1.29 is 0 Å². The molecule has 1 aromatic carbocycles. The summed E-state index contributed by atoms with van der Waals surface area (Å²) in [4.78, 5) is 4.14. The monoisotopic (exact) mass is 183 g/mol. The largest absolute Gasteiger partial charge is 0.264 e. The van der Waals surface area contributed by atoms with Crippen LogP contribution in [0.3, 0.4) is 0 Å². The van der Waals surface area contributed by atoms with Gasteiger partial charge in [-0.3, -0.25) is 4.98 Å². The summed E-state index contributed by atoms with van der Waals surface area (Å²) < 4.78 is 0. The van der Waals surface area contributed by atoms with Gasteiger partial charge >= 0.3 is 0 Å². The Morgan fingerprint density at radius 1 is 1.07 bits per heavy atom. The van der Waals surface area contributed by atoms with Crippen molar-refractivity contribution in [2.45, 2.75) is 13.3 Å². The Morgan fingerprint density at radius 2 is 1.86 bits per heavy atom. The highest BCUT2D eigenvalue weighted by atomic mass is 14.6. The van der Waals surface area contributed by atoms with Gasteiger partial charge in [0, 0.05) is 12.4 Å². The summed E-state index contributed by atoms with van der Waals surface area (Å²) in [6, 6.07) is 12.5. The molecule has 0 spiro atoms. The van der Waals surface area contributed by atoms with Gasteiger partial charge in [0.05, 0.1) is 0 Å². The molecule has 1 aromatic heterocycles. The molecule has 0 aliphatic carbocycles. The molecule has 70 valence electrons. The maximum Gasteiger partial charge on any atom is 0.0305 e. The zero-order valence-electron chi connectivity index (χ0n) is 8.27. The second kappa shape index (κ2) is 4.05. The molecule has 0 radical (unpaired) electrons.